The third-order valence-corrected chi connectivity index (χ3v) is 25.6. The molecule has 117 heavy (non-hydrogen) atoms. The summed E-state index contributed by atoms with van der Waals surface area (Å²) in [6.07, 6.45) is 4.02. The number of hydrogen-bond acceptors (Lipinski definition) is 17. The molecule has 7 aliphatic rings. The van der Waals surface area contributed by atoms with Crippen molar-refractivity contribution in [2.24, 2.45) is 25.9 Å². The van der Waals surface area contributed by atoms with E-state index in [-0.39, 0.29) is 115 Å². The number of morpholine rings is 1. The van der Waals surface area contributed by atoms with Crippen molar-refractivity contribution in [2.45, 2.75) is 157 Å². The van der Waals surface area contributed by atoms with E-state index in [4.69, 9.17) is 31.3 Å². The van der Waals surface area contributed by atoms with Crippen LogP contribution in [0.2, 0.25) is 5.02 Å². The molecule has 10 aromatic rings. The number of hydrogen-bond donors (Lipinski definition) is 4. The molecule has 6 aromatic heterocycles. The maximum absolute atomic E-state index is 15.1. The summed E-state index contributed by atoms with van der Waals surface area (Å²) in [5.41, 5.74) is 2.15. The number of nitrogens with zero attached hydrogens (tertiary/aromatic N) is 13. The number of rotatable bonds is 17. The molecule has 34 heteroatoms. The molecule has 4 aromatic carbocycles. The summed E-state index contributed by atoms with van der Waals surface area (Å²) in [5.74, 6) is -2.28. The Bertz CT molecular complexity index is 5740. The number of anilines is 3. The molecule has 5 aliphatic heterocycles. The van der Waals surface area contributed by atoms with Crippen LogP contribution in [0.15, 0.2) is 107 Å². The highest BCUT2D eigenvalue weighted by Gasteiger charge is 2.41. The summed E-state index contributed by atoms with van der Waals surface area (Å²) < 4.78 is 109. The number of carbonyl (C=O) groups is 6. The summed E-state index contributed by atoms with van der Waals surface area (Å²) in [5, 5.41) is 22.1. The topological polar surface area (TPSA) is 294 Å². The first kappa shape index (κ1) is 78.7. The number of methoxy groups -OCH3 is 1. The predicted molar refractivity (Wildman–Crippen MR) is 422 cm³/mol. The van der Waals surface area contributed by atoms with Crippen molar-refractivity contribution in [2.75, 3.05) is 81.6 Å². The van der Waals surface area contributed by atoms with Crippen LogP contribution in [0.3, 0.4) is 0 Å². The third-order valence-electron chi connectivity index (χ3n) is 25.2. The number of piperidine rings is 4. The summed E-state index contributed by atoms with van der Waals surface area (Å²) in [4.78, 5) is 120. The normalized spacial score (nSPS) is 22.6. The number of nitrogens with one attached hydrogen (secondary N) is 4. The first-order valence-corrected chi connectivity index (χ1v) is 40.5. The van der Waals surface area contributed by atoms with Crippen molar-refractivity contribution in [3.63, 3.8) is 0 Å². The Morgan fingerprint density at radius 3 is 1.68 bits per heavy atom. The molecule has 4 N–H and O–H groups in total. The fourth-order valence-electron chi connectivity index (χ4n) is 19.2. The quantitative estimate of drug-likeness (QED) is 0.0486. The second-order valence-electron chi connectivity index (χ2n) is 32.4. The van der Waals surface area contributed by atoms with Gasteiger partial charge >= 0.3 is 23.7 Å². The fourth-order valence-corrected chi connectivity index (χ4v) is 19.5. The smallest absolute Gasteiger partial charge is 0.433 e. The van der Waals surface area contributed by atoms with Gasteiger partial charge in [0.05, 0.1) is 76.0 Å². The van der Waals surface area contributed by atoms with E-state index < -0.39 is 76.9 Å². The van der Waals surface area contributed by atoms with Gasteiger partial charge in [-0.05, 0) is 217 Å². The van der Waals surface area contributed by atoms with Gasteiger partial charge in [0.15, 0.2) is 0 Å². The number of aromatic nitrogens is 10. The number of ether oxygens (including phenoxy) is 2. The molecule has 6 amide bonds. The number of alkyl halides is 6. The molecule has 0 spiro atoms. The average Bonchev–Trinajstić information content (AvgIpc) is 1.60. The van der Waals surface area contributed by atoms with Crippen molar-refractivity contribution in [1.29, 1.82) is 0 Å². The van der Waals surface area contributed by atoms with Gasteiger partial charge in [0.1, 0.15) is 46.7 Å². The molecule has 614 valence electrons. The Kier molecular flexibility index (Phi) is 21.3. The standard InChI is InChI=1S/C83H88ClF6N17O10/c1-99-74-54(6-4-8-62(74)106(80(99)114)64-20-22-71(108)95-78(64)112)47-24-28-101(29-25-47)40-45-10-14-52(15-11-45)104-42-50-35-59(93-76(110)56-7-5-9-69(91-56)82(85,86)87)66(38-57(50)97-104)103-32-33-117-68(44-103)49-34-61(92-70(37-49)83(88,89)90)77(111)94-60-36-51-43-105(98-58(51)39-67(60)116-3)53-16-12-46(13-17-53)41-102-30-26-48(27-31-102)73-55(84)18-19-63-75(73)100(2)81(115)107(63)65-21-23-72(109)96-79(65)113/h4-9,18-19,34-39,42-43,45-48,52-53,64-65,68H,10-17,20-33,40-41,44H2,1-3H3,(H,93,110)(H,94,111)(H,95,108,112)(H,96,109,113). The number of fused-ring (bicyclic) bond motifs is 4. The van der Waals surface area contributed by atoms with Crippen LogP contribution in [-0.4, -0.2) is 159 Å². The number of amides is 6. The fraction of sp³-hybridized carbons (Fsp3) is 0.470. The van der Waals surface area contributed by atoms with E-state index in [2.05, 4.69) is 47.1 Å². The minimum atomic E-state index is -5.02. The number of benzene rings is 4. The molecule has 0 radical (unpaired) electrons. The SMILES string of the molecule is COc1cc2nn(C3CCC(CN4CCC(c5c(Cl)ccc6c5n(C)c(=O)n6C5CCC(=O)NC5=O)CC4)CC3)cc2cc1NC(=O)c1cc(C2CN(c3cc4nn(C5CCC(CN6CCC(c7cccc8c7n(C)c(=O)n8C7CCC(=O)NC7=O)CC6)CC5)cc4cc3NC(=O)c3cccc(C(F)(F)F)n3)CCO2)cc(C(F)(F)F)n1. The molecule has 3 unspecified atom stereocenters. The number of pyridine rings is 2. The Balaban J connectivity index is 0.548. The summed E-state index contributed by atoms with van der Waals surface area (Å²) in [7, 11) is 4.83. The third kappa shape index (κ3) is 15.6. The van der Waals surface area contributed by atoms with Crippen LogP contribution in [0.1, 0.15) is 194 Å². The highest BCUT2D eigenvalue weighted by Crippen LogP contribution is 2.45. The van der Waals surface area contributed by atoms with E-state index in [1.165, 1.54) is 22.3 Å². The molecule has 2 saturated carbocycles. The zero-order chi connectivity index (χ0) is 81.6. The maximum Gasteiger partial charge on any atom is 0.433 e. The van der Waals surface area contributed by atoms with E-state index in [1.807, 2.05) is 33.9 Å². The van der Waals surface area contributed by atoms with Crippen LogP contribution in [0.5, 0.6) is 5.75 Å². The lowest BCUT2D eigenvalue weighted by molar-refractivity contribution is -0.142. The molecule has 0 bridgehead atoms. The minimum absolute atomic E-state index is 0.000118. The van der Waals surface area contributed by atoms with Crippen LogP contribution in [0.25, 0.3) is 43.9 Å². The first-order chi connectivity index (χ1) is 56.2. The zero-order valence-electron chi connectivity index (χ0n) is 64.7. The van der Waals surface area contributed by atoms with Gasteiger partial charge in [-0.15, -0.1) is 0 Å². The van der Waals surface area contributed by atoms with E-state index in [1.54, 1.807) is 64.5 Å². The van der Waals surface area contributed by atoms with Gasteiger partial charge in [0.2, 0.25) is 23.6 Å². The average molecular weight is 1630 g/mol. The summed E-state index contributed by atoms with van der Waals surface area (Å²) in [6.45, 7) is 5.19. The van der Waals surface area contributed by atoms with Gasteiger partial charge in [-0.1, -0.05) is 29.8 Å². The van der Waals surface area contributed by atoms with Crippen LogP contribution in [0.4, 0.5) is 43.4 Å². The monoisotopic (exact) mass is 1630 g/mol. The number of imide groups is 2. The summed E-state index contributed by atoms with van der Waals surface area (Å²) in [6, 6.07) is 19.7. The number of para-hydroxylation sites is 1. The van der Waals surface area contributed by atoms with Crippen molar-refractivity contribution in [3.05, 3.63) is 163 Å². The molecule has 11 heterocycles. The van der Waals surface area contributed by atoms with Gasteiger partial charge in [0, 0.05) is 87.4 Å². The van der Waals surface area contributed by atoms with Crippen molar-refractivity contribution < 1.29 is 64.6 Å². The van der Waals surface area contributed by atoms with E-state index in [0.717, 1.165) is 157 Å². The molecule has 7 fully saturated rings. The number of halogens is 7. The van der Waals surface area contributed by atoms with Gasteiger partial charge in [-0.3, -0.25) is 67.0 Å². The van der Waals surface area contributed by atoms with Gasteiger partial charge in [0.25, 0.3) is 11.8 Å². The largest absolute Gasteiger partial charge is 0.494 e. The van der Waals surface area contributed by atoms with Crippen LogP contribution in [0, 0.1) is 11.8 Å². The Labute approximate surface area is 670 Å². The lowest BCUT2D eigenvalue weighted by Gasteiger charge is -2.37. The number of carbonyl (C=O) groups excluding carboxylic acids is 6. The van der Waals surface area contributed by atoms with Crippen LogP contribution in [-0.2, 0) is 50.4 Å². The predicted octanol–water partition coefficient (Wildman–Crippen LogP) is 12.4. The molecule has 2 aliphatic carbocycles. The summed E-state index contributed by atoms with van der Waals surface area (Å²) >= 11 is 6.94. The maximum atomic E-state index is 15.1. The van der Waals surface area contributed by atoms with Gasteiger partial charge in [-0.25, -0.2) is 19.6 Å². The van der Waals surface area contributed by atoms with Crippen molar-refractivity contribution in [3.8, 4) is 5.75 Å². The highest BCUT2D eigenvalue weighted by molar-refractivity contribution is 6.32. The second kappa shape index (κ2) is 31.6. The number of likely N-dealkylation sites (tertiary alicyclic amines) is 2. The van der Waals surface area contributed by atoms with Crippen LogP contribution >= 0.6 is 11.6 Å². The van der Waals surface area contributed by atoms with Crippen molar-refractivity contribution >= 4 is 108 Å². The molecular weight excluding hydrogens is 1540 g/mol. The van der Waals surface area contributed by atoms with E-state index >= 15 is 13.2 Å². The lowest BCUT2D eigenvalue weighted by atomic mass is 9.84. The number of imidazole rings is 2. The Morgan fingerprint density at radius 1 is 0.573 bits per heavy atom. The van der Waals surface area contributed by atoms with E-state index in [9.17, 15) is 51.5 Å². The first-order valence-electron chi connectivity index (χ1n) is 40.1. The Morgan fingerprint density at radius 2 is 1.10 bits per heavy atom. The highest BCUT2D eigenvalue weighted by atomic mass is 35.5. The molecule has 27 nitrogen and oxygen atoms in total. The zero-order valence-corrected chi connectivity index (χ0v) is 65.4. The van der Waals surface area contributed by atoms with Gasteiger partial charge < -0.3 is 34.8 Å². The lowest BCUT2D eigenvalue weighted by Crippen LogP contribution is -2.44. The minimum Gasteiger partial charge on any atom is -0.494 e. The second-order valence-corrected chi connectivity index (χ2v) is 32.9. The molecular formula is C83H88ClF6N17O10. The Hall–Kier alpha value is -10.8. The van der Waals surface area contributed by atoms with E-state index in [0.29, 0.717) is 60.9 Å². The number of aryl methyl sites for hydroxylation is 2. The van der Waals surface area contributed by atoms with Crippen molar-refractivity contribution in [1.82, 2.24) is 68.2 Å². The molecule has 17 rings (SSSR count). The van der Waals surface area contributed by atoms with Gasteiger partial charge in [-0.2, -0.15) is 36.5 Å². The molecule has 5 saturated heterocycles. The van der Waals surface area contributed by atoms with Crippen LogP contribution < -0.4 is 42.3 Å². The molecule has 3 atom stereocenters.